The topological polar surface area (TPSA) is 81.5 Å². The number of hydrogen-bond donors (Lipinski definition) is 1. The molecule has 110 valence electrons. The van der Waals surface area contributed by atoms with E-state index in [4.69, 9.17) is 27.9 Å². The van der Waals surface area contributed by atoms with Gasteiger partial charge in [-0.1, -0.05) is 23.2 Å². The summed E-state index contributed by atoms with van der Waals surface area (Å²) >= 11 is 11.5. The number of amides is 1. The van der Waals surface area contributed by atoms with Gasteiger partial charge in [-0.2, -0.15) is 0 Å². The molecule has 0 fully saturated rings. The Hall–Kier alpha value is -1.37. The summed E-state index contributed by atoms with van der Waals surface area (Å²) in [7, 11) is 0. The van der Waals surface area contributed by atoms with Crippen LogP contribution >= 0.6 is 23.2 Å². The third-order valence-corrected chi connectivity index (χ3v) is 3.10. The zero-order valence-corrected chi connectivity index (χ0v) is 12.5. The van der Waals surface area contributed by atoms with Crippen LogP contribution in [0.1, 0.15) is 24.2 Å². The van der Waals surface area contributed by atoms with E-state index in [1.807, 2.05) is 13.8 Å². The summed E-state index contributed by atoms with van der Waals surface area (Å²) in [5, 5.41) is 13.2. The van der Waals surface area contributed by atoms with Gasteiger partial charge in [-0.15, -0.1) is 0 Å². The summed E-state index contributed by atoms with van der Waals surface area (Å²) in [5.41, 5.74) is -0.321. The van der Waals surface area contributed by atoms with Gasteiger partial charge in [0.25, 0.3) is 11.6 Å². The Kier molecular flexibility index (Phi) is 6.19. The lowest BCUT2D eigenvalue weighted by molar-refractivity contribution is -0.384. The van der Waals surface area contributed by atoms with Crippen molar-refractivity contribution in [2.45, 2.75) is 20.0 Å². The SMILES string of the molecule is CC(C)OCCNC(=O)c1cc(Cl)c(Cl)c([N+](=O)[O-])c1. The van der Waals surface area contributed by atoms with E-state index < -0.39 is 16.5 Å². The normalized spacial score (nSPS) is 10.7. The second-order valence-electron chi connectivity index (χ2n) is 4.22. The maximum absolute atomic E-state index is 11.8. The number of nitro groups is 1. The van der Waals surface area contributed by atoms with E-state index in [0.717, 1.165) is 6.07 Å². The third kappa shape index (κ3) is 4.63. The number of carbonyl (C=O) groups is 1. The molecule has 0 aromatic heterocycles. The molecular formula is C12H14Cl2N2O4. The van der Waals surface area contributed by atoms with Crippen LogP contribution in [0.5, 0.6) is 0 Å². The molecule has 0 aliphatic heterocycles. The highest BCUT2D eigenvalue weighted by molar-refractivity contribution is 6.43. The van der Waals surface area contributed by atoms with Crippen LogP contribution in [-0.4, -0.2) is 30.1 Å². The van der Waals surface area contributed by atoms with Gasteiger partial charge in [-0.05, 0) is 19.9 Å². The second kappa shape index (κ2) is 7.42. The van der Waals surface area contributed by atoms with Crippen molar-refractivity contribution < 1.29 is 14.5 Å². The van der Waals surface area contributed by atoms with Gasteiger partial charge >= 0.3 is 0 Å². The Morgan fingerprint density at radius 2 is 2.10 bits per heavy atom. The second-order valence-corrected chi connectivity index (χ2v) is 5.01. The average molecular weight is 321 g/mol. The molecule has 20 heavy (non-hydrogen) atoms. The van der Waals surface area contributed by atoms with Crippen LogP contribution in [0, 0.1) is 10.1 Å². The van der Waals surface area contributed by atoms with Gasteiger partial charge in [-0.25, -0.2) is 0 Å². The Morgan fingerprint density at radius 1 is 1.45 bits per heavy atom. The maximum atomic E-state index is 11.8. The Balaban J connectivity index is 2.76. The van der Waals surface area contributed by atoms with Crippen molar-refractivity contribution in [1.82, 2.24) is 5.32 Å². The van der Waals surface area contributed by atoms with E-state index in [1.54, 1.807) is 0 Å². The predicted molar refractivity (Wildman–Crippen MR) is 76.5 cm³/mol. The van der Waals surface area contributed by atoms with Crippen molar-refractivity contribution in [3.8, 4) is 0 Å². The molecule has 0 unspecified atom stereocenters. The number of hydrogen-bond acceptors (Lipinski definition) is 4. The average Bonchev–Trinajstić information content (AvgIpc) is 2.36. The molecule has 1 aromatic carbocycles. The zero-order chi connectivity index (χ0) is 15.3. The van der Waals surface area contributed by atoms with Crippen LogP contribution in [0.4, 0.5) is 5.69 Å². The number of carbonyl (C=O) groups excluding carboxylic acids is 1. The highest BCUT2D eigenvalue weighted by atomic mass is 35.5. The van der Waals surface area contributed by atoms with Crippen molar-refractivity contribution in [3.63, 3.8) is 0 Å². The lowest BCUT2D eigenvalue weighted by atomic mass is 10.2. The number of ether oxygens (including phenoxy) is 1. The van der Waals surface area contributed by atoms with Gasteiger partial charge in [0.15, 0.2) is 0 Å². The van der Waals surface area contributed by atoms with Crippen LogP contribution in [0.15, 0.2) is 12.1 Å². The van der Waals surface area contributed by atoms with Gasteiger partial charge in [0, 0.05) is 18.2 Å². The monoisotopic (exact) mass is 320 g/mol. The number of nitrogens with one attached hydrogen (secondary N) is 1. The minimum absolute atomic E-state index is 0.0375. The first-order valence-corrected chi connectivity index (χ1v) is 6.61. The third-order valence-electron chi connectivity index (χ3n) is 2.31. The van der Waals surface area contributed by atoms with E-state index in [-0.39, 0.29) is 21.7 Å². The van der Waals surface area contributed by atoms with E-state index >= 15 is 0 Å². The molecular weight excluding hydrogens is 307 g/mol. The summed E-state index contributed by atoms with van der Waals surface area (Å²) in [5.74, 6) is -0.473. The Labute approximate surface area is 126 Å². The summed E-state index contributed by atoms with van der Waals surface area (Å²) in [6, 6.07) is 2.38. The fourth-order valence-electron chi connectivity index (χ4n) is 1.40. The number of rotatable bonds is 6. The van der Waals surface area contributed by atoms with Gasteiger partial charge < -0.3 is 10.1 Å². The van der Waals surface area contributed by atoms with Crippen LogP contribution in [0.25, 0.3) is 0 Å². The standard InChI is InChI=1S/C12H14Cl2N2O4/c1-7(2)20-4-3-15-12(17)8-5-9(13)11(14)10(6-8)16(18)19/h5-7H,3-4H2,1-2H3,(H,15,17). The molecule has 0 bridgehead atoms. The van der Waals surface area contributed by atoms with E-state index in [1.165, 1.54) is 6.07 Å². The summed E-state index contributed by atoms with van der Waals surface area (Å²) in [4.78, 5) is 21.9. The fourth-order valence-corrected chi connectivity index (χ4v) is 1.79. The highest BCUT2D eigenvalue weighted by Gasteiger charge is 2.19. The van der Waals surface area contributed by atoms with Gasteiger partial charge in [-0.3, -0.25) is 14.9 Å². The van der Waals surface area contributed by atoms with Crippen molar-refractivity contribution >= 4 is 34.8 Å². The number of nitrogens with zero attached hydrogens (tertiary/aromatic N) is 1. The zero-order valence-electron chi connectivity index (χ0n) is 11.0. The number of benzene rings is 1. The molecule has 6 nitrogen and oxygen atoms in total. The summed E-state index contributed by atoms with van der Waals surface area (Å²) in [6.45, 7) is 4.41. The lowest BCUT2D eigenvalue weighted by Gasteiger charge is -2.09. The van der Waals surface area contributed by atoms with E-state index in [9.17, 15) is 14.9 Å². The highest BCUT2D eigenvalue weighted by Crippen LogP contribution is 2.32. The number of nitro benzene ring substituents is 1. The first-order chi connectivity index (χ1) is 9.32. The molecule has 0 saturated heterocycles. The Bertz CT molecular complexity index is 520. The lowest BCUT2D eigenvalue weighted by Crippen LogP contribution is -2.28. The van der Waals surface area contributed by atoms with Crippen LogP contribution in [0.2, 0.25) is 10.0 Å². The predicted octanol–water partition coefficient (Wildman–Crippen LogP) is 3.06. The molecule has 1 aromatic rings. The molecule has 1 N–H and O–H groups in total. The molecule has 1 rings (SSSR count). The smallest absolute Gasteiger partial charge is 0.290 e. The maximum Gasteiger partial charge on any atom is 0.290 e. The molecule has 0 aliphatic rings. The van der Waals surface area contributed by atoms with Gasteiger partial charge in [0.1, 0.15) is 5.02 Å². The molecule has 0 atom stereocenters. The number of halogens is 2. The molecule has 1 amide bonds. The van der Waals surface area contributed by atoms with Crippen LogP contribution in [-0.2, 0) is 4.74 Å². The van der Waals surface area contributed by atoms with Crippen molar-refractivity contribution in [3.05, 3.63) is 37.9 Å². The van der Waals surface area contributed by atoms with E-state index in [2.05, 4.69) is 5.32 Å². The molecule has 8 heteroatoms. The summed E-state index contributed by atoms with van der Waals surface area (Å²) in [6.07, 6.45) is 0.0676. The molecule has 0 spiro atoms. The van der Waals surface area contributed by atoms with Crippen molar-refractivity contribution in [2.24, 2.45) is 0 Å². The summed E-state index contributed by atoms with van der Waals surface area (Å²) < 4.78 is 5.26. The Morgan fingerprint density at radius 3 is 2.65 bits per heavy atom. The van der Waals surface area contributed by atoms with Crippen molar-refractivity contribution in [1.29, 1.82) is 0 Å². The van der Waals surface area contributed by atoms with Gasteiger partial charge in [0.2, 0.25) is 0 Å². The quantitative estimate of drug-likeness (QED) is 0.496. The molecule has 0 aliphatic carbocycles. The fraction of sp³-hybridized carbons (Fsp3) is 0.417. The van der Waals surface area contributed by atoms with Crippen molar-refractivity contribution in [2.75, 3.05) is 13.2 Å². The minimum Gasteiger partial charge on any atom is -0.377 e. The first-order valence-electron chi connectivity index (χ1n) is 5.86. The first kappa shape index (κ1) is 16.7. The van der Waals surface area contributed by atoms with Crippen LogP contribution in [0.3, 0.4) is 0 Å². The molecule has 0 heterocycles. The largest absolute Gasteiger partial charge is 0.377 e. The van der Waals surface area contributed by atoms with Gasteiger partial charge in [0.05, 0.1) is 22.7 Å². The molecule has 0 saturated carbocycles. The molecule has 0 radical (unpaired) electrons. The van der Waals surface area contributed by atoms with E-state index in [0.29, 0.717) is 13.2 Å². The van der Waals surface area contributed by atoms with Crippen LogP contribution < -0.4 is 5.32 Å². The minimum atomic E-state index is -0.688.